The van der Waals surface area contributed by atoms with Crippen LogP contribution in [-0.2, 0) is 4.79 Å². The molecule has 48 heavy (non-hydrogen) atoms. The number of hydrogen-bond donors (Lipinski definition) is 4. The highest BCUT2D eigenvalue weighted by atomic mass is 16.3. The SMILES string of the molecule is CCCCCCCC/C=C/CC/C=C/C(O)C(CO)NC(=O)CC(O)CCCCCCC/C=C\CCCCCCCCCCCCCC. The van der Waals surface area contributed by atoms with Crippen LogP contribution >= 0.6 is 0 Å². The molecule has 4 N–H and O–H groups in total. The van der Waals surface area contributed by atoms with E-state index < -0.39 is 18.2 Å². The Bertz CT molecular complexity index is 749. The first-order valence-corrected chi connectivity index (χ1v) is 20.8. The predicted octanol–water partition coefficient (Wildman–Crippen LogP) is 11.6. The second kappa shape index (κ2) is 38.4. The summed E-state index contributed by atoms with van der Waals surface area (Å²) in [5, 5.41) is 33.1. The molecule has 3 atom stereocenters. The van der Waals surface area contributed by atoms with Crippen molar-refractivity contribution in [1.29, 1.82) is 0 Å². The van der Waals surface area contributed by atoms with Crippen molar-refractivity contribution < 1.29 is 20.1 Å². The van der Waals surface area contributed by atoms with Crippen LogP contribution in [0.4, 0.5) is 0 Å². The lowest BCUT2D eigenvalue weighted by Gasteiger charge is -2.20. The molecule has 0 saturated carbocycles. The van der Waals surface area contributed by atoms with E-state index in [0.717, 1.165) is 44.9 Å². The molecule has 0 aliphatic heterocycles. The summed E-state index contributed by atoms with van der Waals surface area (Å²) in [6.07, 6.45) is 47.1. The number of aliphatic hydroxyl groups is 3. The minimum absolute atomic E-state index is 0.000319. The van der Waals surface area contributed by atoms with Crippen LogP contribution in [0.25, 0.3) is 0 Å². The quantitative estimate of drug-likeness (QED) is 0.0390. The lowest BCUT2D eigenvalue weighted by Crippen LogP contribution is -2.45. The van der Waals surface area contributed by atoms with Gasteiger partial charge in [-0.2, -0.15) is 0 Å². The molecular formula is C43H81NO4. The molecule has 0 bridgehead atoms. The standard InChI is InChI=1S/C43H81NO4/c1-3-5-7-9-11-13-15-17-18-19-20-21-22-23-24-25-26-28-30-32-34-36-40(46)38-43(48)44-41(39-45)42(47)37-35-33-31-29-27-16-14-12-10-8-6-4-2/h23-24,27,29,35,37,40-42,45-47H,3-22,25-26,28,30-34,36,38-39H2,1-2H3,(H,44,48)/b24-23-,29-27+,37-35+. The molecule has 0 fully saturated rings. The summed E-state index contributed by atoms with van der Waals surface area (Å²) in [6.45, 7) is 4.18. The Morgan fingerprint density at radius 2 is 0.896 bits per heavy atom. The number of aliphatic hydroxyl groups excluding tert-OH is 3. The summed E-state index contributed by atoms with van der Waals surface area (Å²) >= 11 is 0. The van der Waals surface area contributed by atoms with Gasteiger partial charge in [0.1, 0.15) is 0 Å². The minimum atomic E-state index is -0.951. The van der Waals surface area contributed by atoms with Crippen LogP contribution < -0.4 is 5.32 Å². The van der Waals surface area contributed by atoms with Crippen LogP contribution in [0.1, 0.15) is 206 Å². The Balaban J connectivity index is 3.69. The van der Waals surface area contributed by atoms with Crippen LogP contribution in [0.3, 0.4) is 0 Å². The molecule has 1 amide bonds. The van der Waals surface area contributed by atoms with Gasteiger partial charge in [0, 0.05) is 0 Å². The molecule has 0 rings (SSSR count). The Kier molecular flexibility index (Phi) is 37.2. The van der Waals surface area contributed by atoms with Gasteiger partial charge in [0.05, 0.1) is 31.3 Å². The predicted molar refractivity (Wildman–Crippen MR) is 208 cm³/mol. The van der Waals surface area contributed by atoms with E-state index in [4.69, 9.17) is 0 Å². The van der Waals surface area contributed by atoms with Crippen molar-refractivity contribution in [1.82, 2.24) is 5.32 Å². The van der Waals surface area contributed by atoms with E-state index in [0.29, 0.717) is 6.42 Å². The molecule has 0 aromatic carbocycles. The Morgan fingerprint density at radius 1 is 0.521 bits per heavy atom. The van der Waals surface area contributed by atoms with Gasteiger partial charge in [0.2, 0.25) is 5.91 Å². The average Bonchev–Trinajstić information content (AvgIpc) is 3.08. The molecule has 5 nitrogen and oxygen atoms in total. The number of nitrogens with one attached hydrogen (secondary N) is 1. The Morgan fingerprint density at radius 3 is 1.33 bits per heavy atom. The second-order valence-corrected chi connectivity index (χ2v) is 14.2. The molecule has 0 heterocycles. The van der Waals surface area contributed by atoms with Crippen molar-refractivity contribution in [2.45, 2.75) is 225 Å². The maximum atomic E-state index is 12.4. The first-order valence-electron chi connectivity index (χ1n) is 20.8. The van der Waals surface area contributed by atoms with Crippen LogP contribution in [0.5, 0.6) is 0 Å². The number of hydrogen-bond acceptors (Lipinski definition) is 4. The summed E-state index contributed by atoms with van der Waals surface area (Å²) in [5.41, 5.74) is 0. The van der Waals surface area contributed by atoms with Crippen molar-refractivity contribution >= 4 is 5.91 Å². The maximum absolute atomic E-state index is 12.4. The fourth-order valence-electron chi connectivity index (χ4n) is 6.17. The average molecular weight is 676 g/mol. The molecule has 0 radical (unpaired) electrons. The fourth-order valence-corrected chi connectivity index (χ4v) is 6.17. The fraction of sp³-hybridized carbons (Fsp3) is 0.837. The van der Waals surface area contributed by atoms with Gasteiger partial charge in [-0.3, -0.25) is 4.79 Å². The lowest BCUT2D eigenvalue weighted by molar-refractivity contribution is -0.124. The van der Waals surface area contributed by atoms with E-state index in [1.165, 1.54) is 135 Å². The number of carbonyl (C=O) groups is 1. The van der Waals surface area contributed by atoms with Crippen molar-refractivity contribution in [3.63, 3.8) is 0 Å². The van der Waals surface area contributed by atoms with Crippen LogP contribution in [0.2, 0.25) is 0 Å². The summed E-state index contributed by atoms with van der Waals surface area (Å²) in [6, 6.07) is -0.761. The van der Waals surface area contributed by atoms with Crippen molar-refractivity contribution in [2.75, 3.05) is 6.61 Å². The zero-order valence-electron chi connectivity index (χ0n) is 31.9. The Labute approximate surface area is 298 Å². The van der Waals surface area contributed by atoms with Gasteiger partial charge < -0.3 is 20.6 Å². The van der Waals surface area contributed by atoms with E-state index in [-0.39, 0.29) is 18.9 Å². The largest absolute Gasteiger partial charge is 0.394 e. The number of unbranched alkanes of at least 4 members (excludes halogenated alkanes) is 24. The smallest absolute Gasteiger partial charge is 0.222 e. The maximum Gasteiger partial charge on any atom is 0.222 e. The first-order chi connectivity index (χ1) is 23.5. The van der Waals surface area contributed by atoms with Gasteiger partial charge in [-0.05, 0) is 57.8 Å². The molecule has 0 aromatic rings. The first kappa shape index (κ1) is 46.6. The number of carbonyl (C=O) groups excluding carboxylic acids is 1. The van der Waals surface area contributed by atoms with Gasteiger partial charge in [0.25, 0.3) is 0 Å². The van der Waals surface area contributed by atoms with Gasteiger partial charge in [0.15, 0.2) is 0 Å². The van der Waals surface area contributed by atoms with Gasteiger partial charge in [-0.1, -0.05) is 179 Å². The van der Waals surface area contributed by atoms with Crippen LogP contribution in [0.15, 0.2) is 36.5 Å². The minimum Gasteiger partial charge on any atom is -0.394 e. The third-order valence-corrected chi connectivity index (χ3v) is 9.40. The van der Waals surface area contributed by atoms with Gasteiger partial charge in [-0.25, -0.2) is 0 Å². The van der Waals surface area contributed by atoms with Gasteiger partial charge in [-0.15, -0.1) is 0 Å². The zero-order valence-corrected chi connectivity index (χ0v) is 31.9. The third-order valence-electron chi connectivity index (χ3n) is 9.40. The molecule has 0 aliphatic carbocycles. The lowest BCUT2D eigenvalue weighted by atomic mass is 10.0. The van der Waals surface area contributed by atoms with E-state index in [9.17, 15) is 20.1 Å². The normalized spacial score (nSPS) is 14.0. The molecule has 0 aromatic heterocycles. The monoisotopic (exact) mass is 676 g/mol. The number of allylic oxidation sites excluding steroid dienone is 5. The number of amides is 1. The summed E-state index contributed by atoms with van der Waals surface area (Å²) in [7, 11) is 0. The highest BCUT2D eigenvalue weighted by Gasteiger charge is 2.20. The van der Waals surface area contributed by atoms with E-state index in [2.05, 4.69) is 43.5 Å². The van der Waals surface area contributed by atoms with E-state index in [1.54, 1.807) is 6.08 Å². The van der Waals surface area contributed by atoms with Crippen molar-refractivity contribution in [3.8, 4) is 0 Å². The van der Waals surface area contributed by atoms with Crippen molar-refractivity contribution in [3.05, 3.63) is 36.5 Å². The van der Waals surface area contributed by atoms with Gasteiger partial charge >= 0.3 is 0 Å². The molecule has 5 heteroatoms. The topological polar surface area (TPSA) is 89.8 Å². The molecular weight excluding hydrogens is 594 g/mol. The number of rotatable bonds is 37. The van der Waals surface area contributed by atoms with Crippen molar-refractivity contribution in [2.24, 2.45) is 0 Å². The third kappa shape index (κ3) is 34.4. The van der Waals surface area contributed by atoms with E-state index in [1.807, 2.05) is 6.08 Å². The molecule has 0 spiro atoms. The van der Waals surface area contributed by atoms with E-state index >= 15 is 0 Å². The highest BCUT2D eigenvalue weighted by molar-refractivity contribution is 5.76. The zero-order chi connectivity index (χ0) is 35.2. The summed E-state index contributed by atoms with van der Waals surface area (Å²) in [5.74, 6) is -0.332. The molecule has 3 unspecified atom stereocenters. The molecule has 0 aliphatic rings. The molecule has 282 valence electrons. The summed E-state index contributed by atoms with van der Waals surface area (Å²) < 4.78 is 0. The van der Waals surface area contributed by atoms with Crippen LogP contribution in [0, 0.1) is 0 Å². The van der Waals surface area contributed by atoms with Crippen LogP contribution in [-0.4, -0.2) is 46.1 Å². The second-order valence-electron chi connectivity index (χ2n) is 14.2. The summed E-state index contributed by atoms with van der Waals surface area (Å²) in [4.78, 5) is 12.4. The highest BCUT2D eigenvalue weighted by Crippen LogP contribution is 2.14. The molecule has 0 saturated heterocycles. The Hall–Kier alpha value is -1.43.